The molecule has 0 aromatic rings. The molecule has 0 N–H and O–H groups in total. The highest BCUT2D eigenvalue weighted by Gasteiger charge is 2.24. The highest BCUT2D eigenvalue weighted by molar-refractivity contribution is 6.36. The molecule has 0 saturated carbocycles. The number of esters is 2. The van der Waals surface area contributed by atoms with Crippen molar-refractivity contribution in [3.8, 4) is 0 Å². The lowest BCUT2D eigenvalue weighted by molar-refractivity contribution is -0.150. The number of carbonyl (C=O) groups is 2. The molecule has 3 nitrogen and oxygen atoms in total. The molecule has 0 aromatic carbocycles. The minimum absolute atomic E-state index is 0.0239. The number of cyclic esters (lactones) is 2. The maximum absolute atomic E-state index is 10.6. The molecule has 1 aliphatic heterocycles. The van der Waals surface area contributed by atoms with Crippen molar-refractivity contribution in [2.24, 2.45) is 0 Å². The molecule has 4 heteroatoms. The summed E-state index contributed by atoms with van der Waals surface area (Å²) in [6.07, 6.45) is 1.01. The summed E-state index contributed by atoms with van der Waals surface area (Å²) in [6.45, 7) is 3.27. The summed E-state index contributed by atoms with van der Waals surface area (Å²) in [7, 11) is 0. The van der Waals surface area contributed by atoms with E-state index in [1.165, 1.54) is 0 Å². The number of rotatable bonds is 1. The quantitative estimate of drug-likeness (QED) is 0.418. The van der Waals surface area contributed by atoms with E-state index in [4.69, 9.17) is 11.6 Å². The summed E-state index contributed by atoms with van der Waals surface area (Å²) in [6, 6.07) is 0. The van der Waals surface area contributed by atoms with Crippen molar-refractivity contribution >= 4 is 23.5 Å². The van der Waals surface area contributed by atoms with E-state index in [2.05, 4.69) is 11.3 Å². The molecule has 0 aliphatic carbocycles. The highest BCUT2D eigenvalue weighted by atomic mass is 35.5. The molecule has 0 radical (unpaired) electrons. The Bertz CT molecular complexity index is 252. The van der Waals surface area contributed by atoms with Crippen LogP contribution in [0.5, 0.6) is 0 Å². The molecule has 0 unspecified atom stereocenters. The predicted molar refractivity (Wildman–Crippen MR) is 34.2 cm³/mol. The van der Waals surface area contributed by atoms with E-state index in [-0.39, 0.29) is 10.6 Å². The van der Waals surface area contributed by atoms with Crippen molar-refractivity contribution in [2.75, 3.05) is 0 Å². The molecule has 52 valence electrons. The van der Waals surface area contributed by atoms with E-state index < -0.39 is 11.9 Å². The first-order valence-electron chi connectivity index (χ1n) is 2.44. The fraction of sp³-hybridized carbons (Fsp3) is 0. The van der Waals surface area contributed by atoms with Crippen molar-refractivity contribution in [2.45, 2.75) is 0 Å². The Balaban J connectivity index is 2.96. The molecular formula is C6H3ClO3. The van der Waals surface area contributed by atoms with Crippen molar-refractivity contribution < 1.29 is 14.3 Å². The second kappa shape index (κ2) is 2.27. The molecule has 0 amide bonds. The zero-order valence-corrected chi connectivity index (χ0v) is 5.64. The van der Waals surface area contributed by atoms with Gasteiger partial charge in [-0.25, -0.2) is 9.59 Å². The van der Waals surface area contributed by atoms with Gasteiger partial charge in [0.15, 0.2) is 0 Å². The average molecular weight is 159 g/mol. The molecule has 10 heavy (non-hydrogen) atoms. The maximum Gasteiger partial charge on any atom is 0.347 e. The topological polar surface area (TPSA) is 43.4 Å². The normalized spacial score (nSPS) is 16.7. The van der Waals surface area contributed by atoms with Crippen LogP contribution in [0.1, 0.15) is 0 Å². The van der Waals surface area contributed by atoms with Gasteiger partial charge in [0.2, 0.25) is 0 Å². The molecule has 1 heterocycles. The van der Waals surface area contributed by atoms with E-state index in [0.29, 0.717) is 0 Å². The average Bonchev–Trinajstić information content (AvgIpc) is 2.10. The summed E-state index contributed by atoms with van der Waals surface area (Å²) in [5.74, 6) is -1.42. The third kappa shape index (κ3) is 1.09. The second-order valence-electron chi connectivity index (χ2n) is 1.67. The summed E-state index contributed by atoms with van der Waals surface area (Å²) in [5, 5.41) is 0.0239. The smallest absolute Gasteiger partial charge is 0.347 e. The molecule has 1 aliphatic rings. The largest absolute Gasteiger partial charge is 0.386 e. The molecule has 0 fully saturated rings. The lowest BCUT2D eigenvalue weighted by atomic mass is 10.3. The van der Waals surface area contributed by atoms with Crippen LogP contribution in [0.25, 0.3) is 0 Å². The SMILES string of the molecule is C=C(Cl)C1=CC(=O)OC1=O. The second-order valence-corrected chi connectivity index (χ2v) is 2.13. The van der Waals surface area contributed by atoms with Crippen molar-refractivity contribution in [3.63, 3.8) is 0 Å². The van der Waals surface area contributed by atoms with Crippen LogP contribution in [0.15, 0.2) is 23.3 Å². The predicted octanol–water partition coefficient (Wildman–Crippen LogP) is 0.749. The minimum atomic E-state index is -0.731. The zero-order valence-electron chi connectivity index (χ0n) is 4.89. The Kier molecular flexibility index (Phi) is 1.59. The van der Waals surface area contributed by atoms with Gasteiger partial charge in [0.25, 0.3) is 0 Å². The van der Waals surface area contributed by atoms with Gasteiger partial charge in [-0.1, -0.05) is 18.2 Å². The third-order valence-corrected chi connectivity index (χ3v) is 1.17. The van der Waals surface area contributed by atoms with Gasteiger partial charge in [0.1, 0.15) is 0 Å². The summed E-state index contributed by atoms with van der Waals surface area (Å²) < 4.78 is 4.12. The third-order valence-electron chi connectivity index (χ3n) is 0.968. The van der Waals surface area contributed by atoms with E-state index in [0.717, 1.165) is 6.08 Å². The highest BCUT2D eigenvalue weighted by Crippen LogP contribution is 2.18. The van der Waals surface area contributed by atoms with Crippen LogP contribution in [0, 0.1) is 0 Å². The number of halogens is 1. The van der Waals surface area contributed by atoms with Crippen LogP contribution < -0.4 is 0 Å². The minimum Gasteiger partial charge on any atom is -0.386 e. The summed E-state index contributed by atoms with van der Waals surface area (Å²) in [5.41, 5.74) is 0.0340. The van der Waals surface area contributed by atoms with Gasteiger partial charge >= 0.3 is 11.9 Å². The standard InChI is InChI=1S/C6H3ClO3/c1-3(7)4-2-5(8)10-6(4)9/h2H,1H2. The van der Waals surface area contributed by atoms with Crippen LogP contribution in [0.3, 0.4) is 0 Å². The van der Waals surface area contributed by atoms with Crippen LogP contribution in [0.4, 0.5) is 0 Å². The van der Waals surface area contributed by atoms with Gasteiger partial charge in [0, 0.05) is 11.1 Å². The van der Waals surface area contributed by atoms with Gasteiger partial charge in [-0.3, -0.25) is 0 Å². The Hall–Kier alpha value is -1.09. The van der Waals surface area contributed by atoms with E-state index in [1.54, 1.807) is 0 Å². The Morgan fingerprint density at radius 1 is 1.60 bits per heavy atom. The number of hydrogen-bond acceptors (Lipinski definition) is 3. The van der Waals surface area contributed by atoms with Gasteiger partial charge in [0.05, 0.1) is 5.57 Å². The molecule has 0 aromatic heterocycles. The Morgan fingerprint density at radius 3 is 2.40 bits per heavy atom. The number of ether oxygens (including phenoxy) is 1. The molecular weight excluding hydrogens is 156 g/mol. The maximum atomic E-state index is 10.6. The first-order valence-corrected chi connectivity index (χ1v) is 2.81. The van der Waals surface area contributed by atoms with Gasteiger partial charge in [-0.05, 0) is 0 Å². The molecule has 0 saturated heterocycles. The van der Waals surface area contributed by atoms with Gasteiger partial charge < -0.3 is 4.74 Å². The van der Waals surface area contributed by atoms with E-state index >= 15 is 0 Å². The molecule has 0 atom stereocenters. The first-order chi connectivity index (χ1) is 4.61. The van der Waals surface area contributed by atoms with E-state index in [1.807, 2.05) is 0 Å². The molecule has 1 rings (SSSR count). The van der Waals surface area contributed by atoms with Gasteiger partial charge in [-0.2, -0.15) is 0 Å². The zero-order chi connectivity index (χ0) is 7.72. The number of carbonyl (C=O) groups excluding carboxylic acids is 2. The monoisotopic (exact) mass is 158 g/mol. The molecule has 0 spiro atoms. The Morgan fingerprint density at radius 2 is 2.20 bits per heavy atom. The van der Waals surface area contributed by atoms with Crippen LogP contribution in [-0.2, 0) is 14.3 Å². The van der Waals surface area contributed by atoms with Crippen molar-refractivity contribution in [1.82, 2.24) is 0 Å². The lowest BCUT2D eigenvalue weighted by Gasteiger charge is -1.90. The Labute approximate surface area is 61.9 Å². The van der Waals surface area contributed by atoms with Crippen molar-refractivity contribution in [3.05, 3.63) is 23.3 Å². The molecule has 0 bridgehead atoms. The number of hydrogen-bond donors (Lipinski definition) is 0. The van der Waals surface area contributed by atoms with Crippen LogP contribution in [-0.4, -0.2) is 11.9 Å². The van der Waals surface area contributed by atoms with Crippen LogP contribution >= 0.6 is 11.6 Å². The lowest BCUT2D eigenvalue weighted by Crippen LogP contribution is -2.01. The van der Waals surface area contributed by atoms with Crippen LogP contribution in [0.2, 0.25) is 0 Å². The van der Waals surface area contributed by atoms with E-state index in [9.17, 15) is 9.59 Å². The summed E-state index contributed by atoms with van der Waals surface area (Å²) in [4.78, 5) is 20.9. The first kappa shape index (κ1) is 7.02. The fourth-order valence-electron chi connectivity index (χ4n) is 0.542. The van der Waals surface area contributed by atoms with Crippen molar-refractivity contribution in [1.29, 1.82) is 0 Å². The fourth-order valence-corrected chi connectivity index (χ4v) is 0.673. The van der Waals surface area contributed by atoms with Gasteiger partial charge in [-0.15, -0.1) is 0 Å². The summed E-state index contributed by atoms with van der Waals surface area (Å²) >= 11 is 5.33.